The van der Waals surface area contributed by atoms with Crippen molar-refractivity contribution < 1.29 is 9.90 Å². The summed E-state index contributed by atoms with van der Waals surface area (Å²) in [5, 5.41) is 8.32. The van der Waals surface area contributed by atoms with Gasteiger partial charge in [-0.2, -0.15) is 11.8 Å². The molecule has 0 aliphatic heterocycles. The summed E-state index contributed by atoms with van der Waals surface area (Å²) in [6.07, 6.45) is 0.593. The average Bonchev–Trinajstić information content (AvgIpc) is 1.80. The van der Waals surface area contributed by atoms with Crippen LogP contribution < -0.4 is 0 Å². The van der Waals surface area contributed by atoms with Crippen LogP contribution >= 0.6 is 21.0 Å². The molecule has 0 aromatic rings. The quantitative estimate of drug-likeness (QED) is 0.477. The Morgan fingerprint density at radius 3 is 2.67 bits per heavy atom. The van der Waals surface area contributed by atoms with Gasteiger partial charge in [-0.15, -0.1) is 0 Å². The molecule has 54 valence electrons. The van der Waals surface area contributed by atoms with E-state index in [-0.39, 0.29) is 12.1 Å². The summed E-state index contributed by atoms with van der Waals surface area (Å²) in [5.41, 5.74) is 0.139. The van der Waals surface area contributed by atoms with Crippen molar-refractivity contribution >= 4 is 26.5 Å². The van der Waals surface area contributed by atoms with Crippen LogP contribution in [0.3, 0.4) is 0 Å². The third-order valence-electron chi connectivity index (χ3n) is 0.728. The van der Waals surface area contributed by atoms with E-state index in [1.165, 1.54) is 0 Å². The van der Waals surface area contributed by atoms with Gasteiger partial charge < -0.3 is 5.11 Å². The van der Waals surface area contributed by atoms with Crippen LogP contribution in [0.1, 0.15) is 6.42 Å². The molecule has 0 aromatic heterocycles. The third-order valence-corrected chi connectivity index (χ3v) is 1.98. The number of carbonyl (C=O) groups is 1. The van der Waals surface area contributed by atoms with E-state index < -0.39 is 0 Å². The highest BCUT2D eigenvalue weighted by molar-refractivity contribution is 7.99. The van der Waals surface area contributed by atoms with Gasteiger partial charge in [0.15, 0.2) is 0 Å². The maximum absolute atomic E-state index is 10.3. The maximum Gasteiger partial charge on any atom is 0.149 e. The summed E-state index contributed by atoms with van der Waals surface area (Å²) < 4.78 is 0. The number of aliphatic hydroxyl groups is 1. The van der Waals surface area contributed by atoms with E-state index >= 15 is 0 Å². The lowest BCUT2D eigenvalue weighted by Gasteiger charge is -1.93. The second kappa shape index (κ2) is 6.53. The zero-order valence-electron chi connectivity index (χ0n) is 5.17. The molecule has 0 rings (SSSR count). The predicted octanol–water partition coefficient (Wildman–Crippen LogP) is 0.504. The van der Waals surface area contributed by atoms with Gasteiger partial charge in [0.2, 0.25) is 0 Å². The molecule has 0 bridgehead atoms. The Hall–Kier alpha value is 0.410. The molecule has 2 nitrogen and oxygen atoms in total. The zero-order chi connectivity index (χ0) is 7.11. The SMILES string of the molecule is O=C(P)CCSCCO. The average molecular weight is 166 g/mol. The van der Waals surface area contributed by atoms with Crippen molar-refractivity contribution in [3.05, 3.63) is 0 Å². The minimum atomic E-state index is 0.139. The molecule has 0 saturated carbocycles. The van der Waals surface area contributed by atoms with Crippen molar-refractivity contribution in [2.45, 2.75) is 6.42 Å². The van der Waals surface area contributed by atoms with E-state index in [0.29, 0.717) is 6.42 Å². The van der Waals surface area contributed by atoms with Gasteiger partial charge in [0, 0.05) is 17.9 Å². The monoisotopic (exact) mass is 166 g/mol. The minimum Gasteiger partial charge on any atom is -0.396 e. The topological polar surface area (TPSA) is 37.3 Å². The molecule has 0 heterocycles. The fraction of sp³-hybridized carbons (Fsp3) is 0.800. The standard InChI is InChI=1S/C5H11O2PS/c6-2-4-9-3-1-5(7)8/h6H,1-4,8H2. The normalized spacial score (nSPS) is 9.56. The first kappa shape index (κ1) is 9.41. The Kier molecular flexibility index (Phi) is 6.83. The highest BCUT2D eigenvalue weighted by Gasteiger charge is 1.91. The first-order valence-electron chi connectivity index (χ1n) is 2.74. The lowest BCUT2D eigenvalue weighted by Crippen LogP contribution is -1.91. The molecule has 0 spiro atoms. The zero-order valence-corrected chi connectivity index (χ0v) is 7.14. The Bertz CT molecular complexity index is 87.0. The van der Waals surface area contributed by atoms with Crippen LogP contribution in [-0.2, 0) is 4.79 Å². The molecule has 0 saturated heterocycles. The molecular formula is C5H11O2PS. The van der Waals surface area contributed by atoms with Crippen molar-refractivity contribution in [2.24, 2.45) is 0 Å². The van der Waals surface area contributed by atoms with E-state index in [1.54, 1.807) is 11.8 Å². The van der Waals surface area contributed by atoms with Crippen molar-refractivity contribution in [1.29, 1.82) is 0 Å². The van der Waals surface area contributed by atoms with Crippen LogP contribution in [0.25, 0.3) is 0 Å². The first-order chi connectivity index (χ1) is 4.27. The smallest absolute Gasteiger partial charge is 0.149 e. The number of carbonyl (C=O) groups excluding carboxylic acids is 1. The first-order valence-corrected chi connectivity index (χ1v) is 4.47. The molecule has 1 unspecified atom stereocenters. The largest absolute Gasteiger partial charge is 0.396 e. The number of hydrogen-bond donors (Lipinski definition) is 1. The highest BCUT2D eigenvalue weighted by Crippen LogP contribution is 2.03. The number of rotatable bonds is 5. The Labute approximate surface area is 61.6 Å². The number of thioether (sulfide) groups is 1. The second-order valence-corrected chi connectivity index (χ2v) is 3.42. The molecule has 9 heavy (non-hydrogen) atoms. The Morgan fingerprint density at radius 2 is 2.22 bits per heavy atom. The summed E-state index contributed by atoms with van der Waals surface area (Å²) in [4.78, 5) is 10.3. The highest BCUT2D eigenvalue weighted by atomic mass is 32.2. The summed E-state index contributed by atoms with van der Waals surface area (Å²) in [7, 11) is 2.13. The molecule has 4 heteroatoms. The molecule has 0 amide bonds. The van der Waals surface area contributed by atoms with Gasteiger partial charge in [-0.05, 0) is 0 Å². The van der Waals surface area contributed by atoms with Crippen molar-refractivity contribution in [1.82, 2.24) is 0 Å². The van der Waals surface area contributed by atoms with Crippen molar-refractivity contribution in [2.75, 3.05) is 18.1 Å². The van der Waals surface area contributed by atoms with Gasteiger partial charge in [0.05, 0.1) is 6.61 Å². The van der Waals surface area contributed by atoms with Crippen LogP contribution in [-0.4, -0.2) is 28.7 Å². The van der Waals surface area contributed by atoms with E-state index in [1.807, 2.05) is 0 Å². The van der Waals surface area contributed by atoms with Crippen molar-refractivity contribution in [3.8, 4) is 0 Å². The summed E-state index contributed by atoms with van der Waals surface area (Å²) in [6, 6.07) is 0. The molecule has 0 aromatic carbocycles. The lowest BCUT2D eigenvalue weighted by atomic mass is 10.5. The lowest BCUT2D eigenvalue weighted by molar-refractivity contribution is -0.110. The minimum absolute atomic E-state index is 0.139. The molecular weight excluding hydrogens is 155 g/mol. The molecule has 0 aliphatic carbocycles. The maximum atomic E-state index is 10.3. The fourth-order valence-corrected chi connectivity index (χ4v) is 1.37. The van der Waals surface area contributed by atoms with Gasteiger partial charge in [-0.3, -0.25) is 4.79 Å². The molecule has 0 radical (unpaired) electrons. The van der Waals surface area contributed by atoms with Crippen LogP contribution in [0.15, 0.2) is 0 Å². The molecule has 0 aliphatic rings. The van der Waals surface area contributed by atoms with Crippen LogP contribution in [0.4, 0.5) is 0 Å². The van der Waals surface area contributed by atoms with Crippen molar-refractivity contribution in [3.63, 3.8) is 0 Å². The summed E-state index contributed by atoms with van der Waals surface area (Å²) in [5.74, 6) is 1.56. The van der Waals surface area contributed by atoms with E-state index in [9.17, 15) is 4.79 Å². The Balaban J connectivity index is 2.83. The van der Waals surface area contributed by atoms with E-state index in [2.05, 4.69) is 9.24 Å². The van der Waals surface area contributed by atoms with Gasteiger partial charge >= 0.3 is 0 Å². The van der Waals surface area contributed by atoms with Gasteiger partial charge in [-0.25, -0.2) is 0 Å². The van der Waals surface area contributed by atoms with Crippen LogP contribution in [0, 0.1) is 0 Å². The summed E-state index contributed by atoms with van der Waals surface area (Å²) >= 11 is 1.60. The van der Waals surface area contributed by atoms with Crippen LogP contribution in [0.2, 0.25) is 0 Å². The van der Waals surface area contributed by atoms with Crippen LogP contribution in [0.5, 0.6) is 0 Å². The van der Waals surface area contributed by atoms with E-state index in [4.69, 9.17) is 5.11 Å². The van der Waals surface area contributed by atoms with E-state index in [0.717, 1.165) is 11.5 Å². The molecule has 1 N–H and O–H groups in total. The predicted molar refractivity (Wildman–Crippen MR) is 43.7 cm³/mol. The Morgan fingerprint density at radius 1 is 1.56 bits per heavy atom. The molecule has 0 fully saturated rings. The number of aliphatic hydroxyl groups excluding tert-OH is 1. The second-order valence-electron chi connectivity index (χ2n) is 1.55. The summed E-state index contributed by atoms with van der Waals surface area (Å²) in [6.45, 7) is 0.204. The number of hydrogen-bond acceptors (Lipinski definition) is 3. The molecule has 1 atom stereocenters. The van der Waals surface area contributed by atoms with Gasteiger partial charge in [-0.1, -0.05) is 9.24 Å². The fourth-order valence-electron chi connectivity index (χ4n) is 0.339. The van der Waals surface area contributed by atoms with Gasteiger partial charge in [0.25, 0.3) is 0 Å². The third kappa shape index (κ3) is 8.41. The van der Waals surface area contributed by atoms with Gasteiger partial charge in [0.1, 0.15) is 5.52 Å².